The van der Waals surface area contributed by atoms with E-state index in [-0.39, 0.29) is 6.04 Å². The van der Waals surface area contributed by atoms with Crippen molar-refractivity contribution in [3.63, 3.8) is 0 Å². The maximum Gasteiger partial charge on any atom is 0.208 e. The third-order valence-corrected chi connectivity index (χ3v) is 5.01. The molecule has 2 aliphatic rings. The molecule has 1 N–H and O–H groups in total. The summed E-state index contributed by atoms with van der Waals surface area (Å²) < 4.78 is 27.3. The van der Waals surface area contributed by atoms with Crippen LogP contribution < -0.4 is 4.72 Å². The molecule has 0 aromatic carbocycles. The Morgan fingerprint density at radius 1 is 1.45 bits per heavy atom. The van der Waals surface area contributed by atoms with Crippen LogP contribution in [0, 0.1) is 5.92 Å². The van der Waals surface area contributed by atoms with Crippen molar-refractivity contribution < 1.29 is 8.42 Å². The van der Waals surface area contributed by atoms with Gasteiger partial charge in [0.1, 0.15) is 0 Å². The second-order valence-corrected chi connectivity index (χ2v) is 7.89. The van der Waals surface area contributed by atoms with Crippen LogP contribution in [0.5, 0.6) is 0 Å². The van der Waals surface area contributed by atoms with Gasteiger partial charge in [0, 0.05) is 32.4 Å². The molecule has 1 fully saturated rings. The van der Waals surface area contributed by atoms with Gasteiger partial charge in [-0.25, -0.2) is 18.1 Å². The van der Waals surface area contributed by atoms with Crippen molar-refractivity contribution in [1.82, 2.24) is 19.2 Å². The Hall–Kier alpha value is -0.920. The van der Waals surface area contributed by atoms with Crippen molar-refractivity contribution in [3.8, 4) is 0 Å². The molecule has 6 nitrogen and oxygen atoms in total. The first-order valence-electron chi connectivity index (χ1n) is 7.19. The molecule has 1 unspecified atom stereocenters. The zero-order valence-corrected chi connectivity index (χ0v) is 12.6. The smallest absolute Gasteiger partial charge is 0.208 e. The van der Waals surface area contributed by atoms with E-state index in [9.17, 15) is 8.42 Å². The molecule has 0 saturated heterocycles. The lowest BCUT2D eigenvalue weighted by molar-refractivity contribution is 0.130. The number of fused-ring (bicyclic) bond motifs is 1. The predicted octanol–water partition coefficient (Wildman–Crippen LogP) is 0.589. The topological polar surface area (TPSA) is 67.2 Å². The van der Waals surface area contributed by atoms with Crippen molar-refractivity contribution in [1.29, 1.82) is 0 Å². The first-order chi connectivity index (χ1) is 9.51. The first-order valence-corrected chi connectivity index (χ1v) is 9.08. The second kappa shape index (κ2) is 5.46. The largest absolute Gasteiger partial charge is 0.328 e. The number of rotatable bonds is 5. The summed E-state index contributed by atoms with van der Waals surface area (Å²) in [5, 5.41) is 0. The van der Waals surface area contributed by atoms with Crippen LogP contribution in [0.25, 0.3) is 0 Å². The highest BCUT2D eigenvalue weighted by molar-refractivity contribution is 7.88. The fourth-order valence-corrected chi connectivity index (χ4v) is 3.55. The molecule has 7 heteroatoms. The van der Waals surface area contributed by atoms with Gasteiger partial charge in [-0.1, -0.05) is 6.42 Å². The first kappa shape index (κ1) is 14.0. The van der Waals surface area contributed by atoms with Crippen molar-refractivity contribution in [2.45, 2.75) is 31.8 Å². The Morgan fingerprint density at radius 3 is 2.90 bits per heavy atom. The summed E-state index contributed by atoms with van der Waals surface area (Å²) in [7, 11) is -3.15. The monoisotopic (exact) mass is 298 g/mol. The fraction of sp³-hybridized carbons (Fsp3) is 0.769. The lowest BCUT2D eigenvalue weighted by Gasteiger charge is -2.38. The molecule has 3 rings (SSSR count). The molecule has 0 spiro atoms. The summed E-state index contributed by atoms with van der Waals surface area (Å²) in [4.78, 5) is 6.65. The Morgan fingerprint density at radius 2 is 2.25 bits per heavy atom. The van der Waals surface area contributed by atoms with Crippen molar-refractivity contribution >= 4 is 10.0 Å². The lowest BCUT2D eigenvalue weighted by atomic mass is 9.85. The van der Waals surface area contributed by atoms with Crippen LogP contribution in [0.1, 0.15) is 31.0 Å². The van der Waals surface area contributed by atoms with Gasteiger partial charge in [-0.2, -0.15) is 0 Å². The van der Waals surface area contributed by atoms with E-state index in [1.54, 1.807) is 0 Å². The van der Waals surface area contributed by atoms with Gasteiger partial charge in [-0.3, -0.25) is 4.90 Å². The zero-order valence-electron chi connectivity index (χ0n) is 11.8. The molecule has 0 radical (unpaired) electrons. The SMILES string of the molecule is CS(=O)(=O)NCC1CN(CC2CCC2)Cc2cncn21. The maximum atomic E-state index is 11.3. The molecule has 2 heterocycles. The van der Waals surface area contributed by atoms with Gasteiger partial charge in [-0.15, -0.1) is 0 Å². The molecule has 0 amide bonds. The highest BCUT2D eigenvalue weighted by Crippen LogP contribution is 2.29. The van der Waals surface area contributed by atoms with Crippen LogP contribution in [-0.4, -0.2) is 48.8 Å². The number of sulfonamides is 1. The molecule has 1 aliphatic carbocycles. The number of nitrogens with one attached hydrogen (secondary N) is 1. The van der Waals surface area contributed by atoms with Crippen LogP contribution in [0.3, 0.4) is 0 Å². The van der Waals surface area contributed by atoms with Crippen molar-refractivity contribution in [3.05, 3.63) is 18.2 Å². The Kier molecular flexibility index (Phi) is 3.83. The standard InChI is InChI=1S/C13H22N4O2S/c1-20(18,19)15-6-13-9-16(7-11-3-2-4-11)8-12-5-14-10-17(12)13/h5,10-11,13,15H,2-4,6-9H2,1H3. The highest BCUT2D eigenvalue weighted by Gasteiger charge is 2.28. The van der Waals surface area contributed by atoms with Crippen LogP contribution in [0.4, 0.5) is 0 Å². The van der Waals surface area contributed by atoms with Gasteiger partial charge in [0.25, 0.3) is 0 Å². The minimum Gasteiger partial charge on any atom is -0.328 e. The quantitative estimate of drug-likeness (QED) is 0.864. The Balaban J connectivity index is 1.68. The average Bonchev–Trinajstić information content (AvgIpc) is 2.78. The van der Waals surface area contributed by atoms with E-state index >= 15 is 0 Å². The molecule has 112 valence electrons. The number of hydrogen-bond donors (Lipinski definition) is 1. The van der Waals surface area contributed by atoms with E-state index in [4.69, 9.17) is 0 Å². The summed E-state index contributed by atoms with van der Waals surface area (Å²) in [5.74, 6) is 0.827. The van der Waals surface area contributed by atoms with Gasteiger partial charge in [0.15, 0.2) is 0 Å². The highest BCUT2D eigenvalue weighted by atomic mass is 32.2. The predicted molar refractivity (Wildman–Crippen MR) is 76.7 cm³/mol. The average molecular weight is 298 g/mol. The summed E-state index contributed by atoms with van der Waals surface area (Å²) in [5.41, 5.74) is 1.18. The van der Waals surface area contributed by atoms with E-state index in [1.807, 2.05) is 12.5 Å². The summed E-state index contributed by atoms with van der Waals surface area (Å²) in [6.07, 6.45) is 8.93. The van der Waals surface area contributed by atoms with E-state index in [0.717, 1.165) is 25.6 Å². The van der Waals surface area contributed by atoms with Gasteiger partial charge >= 0.3 is 0 Å². The van der Waals surface area contributed by atoms with Gasteiger partial charge in [0.05, 0.1) is 24.3 Å². The molecule has 1 atom stereocenters. The van der Waals surface area contributed by atoms with Gasteiger partial charge < -0.3 is 4.57 Å². The molecular weight excluding hydrogens is 276 g/mol. The minimum atomic E-state index is -3.15. The zero-order chi connectivity index (χ0) is 14.2. The maximum absolute atomic E-state index is 11.3. The van der Waals surface area contributed by atoms with Gasteiger partial charge in [0.2, 0.25) is 10.0 Å². The number of nitrogens with zero attached hydrogens (tertiary/aromatic N) is 3. The third-order valence-electron chi connectivity index (χ3n) is 4.32. The molecular formula is C13H22N4O2S. The van der Waals surface area contributed by atoms with Crippen LogP contribution in [-0.2, 0) is 16.6 Å². The normalized spacial score (nSPS) is 24.4. The fourth-order valence-electron chi connectivity index (χ4n) is 3.05. The van der Waals surface area contributed by atoms with Crippen LogP contribution in [0.2, 0.25) is 0 Å². The second-order valence-electron chi connectivity index (χ2n) is 6.06. The summed E-state index contributed by atoms with van der Waals surface area (Å²) in [6.45, 7) is 3.37. The number of hydrogen-bond acceptors (Lipinski definition) is 4. The Bertz CT molecular complexity index is 565. The molecule has 1 aromatic heterocycles. The summed E-state index contributed by atoms with van der Waals surface area (Å²) >= 11 is 0. The van der Waals surface area contributed by atoms with E-state index in [2.05, 4.69) is 19.2 Å². The minimum absolute atomic E-state index is 0.135. The van der Waals surface area contributed by atoms with Crippen LogP contribution in [0.15, 0.2) is 12.5 Å². The van der Waals surface area contributed by atoms with Crippen molar-refractivity contribution in [2.24, 2.45) is 5.92 Å². The third kappa shape index (κ3) is 3.21. The van der Waals surface area contributed by atoms with E-state index in [1.165, 1.54) is 31.2 Å². The molecule has 0 bridgehead atoms. The molecule has 1 saturated carbocycles. The van der Waals surface area contributed by atoms with Crippen LogP contribution >= 0.6 is 0 Å². The number of imidazole rings is 1. The lowest BCUT2D eigenvalue weighted by Crippen LogP contribution is -2.44. The van der Waals surface area contributed by atoms with Gasteiger partial charge in [-0.05, 0) is 18.8 Å². The molecule has 1 aliphatic heterocycles. The van der Waals surface area contributed by atoms with E-state index < -0.39 is 10.0 Å². The summed E-state index contributed by atoms with van der Waals surface area (Å²) in [6, 6.07) is 0.135. The van der Waals surface area contributed by atoms with Crippen molar-refractivity contribution in [2.75, 3.05) is 25.9 Å². The number of aromatic nitrogens is 2. The van der Waals surface area contributed by atoms with E-state index in [0.29, 0.717) is 6.54 Å². The Labute approximate surface area is 120 Å². The molecule has 20 heavy (non-hydrogen) atoms. The molecule has 1 aromatic rings.